The Bertz CT molecular complexity index is 575. The van der Waals surface area contributed by atoms with Crippen molar-refractivity contribution in [1.82, 2.24) is 10.2 Å². The molecule has 0 aromatic heterocycles. The van der Waals surface area contributed by atoms with Crippen LogP contribution >= 0.6 is 0 Å². The first-order valence-corrected chi connectivity index (χ1v) is 8.94. The monoisotopic (exact) mass is 330 g/mol. The minimum absolute atomic E-state index is 0.0663. The average Bonchev–Trinajstić information content (AvgIpc) is 2.95. The molecule has 3 atom stereocenters. The fourth-order valence-corrected chi connectivity index (χ4v) is 4.24. The van der Waals surface area contributed by atoms with E-state index in [1.807, 2.05) is 35.2 Å². The molecule has 1 heterocycles. The number of likely N-dealkylation sites (tertiary alicyclic amines) is 1. The van der Waals surface area contributed by atoms with Crippen LogP contribution < -0.4 is 5.32 Å². The van der Waals surface area contributed by atoms with Gasteiger partial charge in [-0.15, -0.1) is 0 Å². The molecule has 24 heavy (non-hydrogen) atoms. The first-order chi connectivity index (χ1) is 11.6. The van der Waals surface area contributed by atoms with E-state index < -0.39 is 12.0 Å². The number of carbonyl (C=O) groups excluding carboxylic acids is 1. The number of carboxylic acid groups (broad SMARTS) is 1. The van der Waals surface area contributed by atoms with Gasteiger partial charge in [0.25, 0.3) is 0 Å². The van der Waals surface area contributed by atoms with E-state index >= 15 is 0 Å². The summed E-state index contributed by atoms with van der Waals surface area (Å²) in [5.41, 5.74) is 1.19. The van der Waals surface area contributed by atoms with E-state index in [2.05, 4.69) is 5.32 Å². The number of hydrogen-bond donors (Lipinski definition) is 2. The van der Waals surface area contributed by atoms with Crippen molar-refractivity contribution in [2.75, 3.05) is 13.1 Å². The smallest absolute Gasteiger partial charge is 0.320 e. The molecule has 0 radical (unpaired) electrons. The third kappa shape index (κ3) is 3.96. The van der Waals surface area contributed by atoms with E-state index in [4.69, 9.17) is 0 Å². The van der Waals surface area contributed by atoms with Crippen molar-refractivity contribution in [2.24, 2.45) is 5.92 Å². The highest BCUT2D eigenvalue weighted by Crippen LogP contribution is 2.39. The zero-order valence-electron chi connectivity index (χ0n) is 14.0. The summed E-state index contributed by atoms with van der Waals surface area (Å²) < 4.78 is 0. The molecular formula is C19H26N2O3. The van der Waals surface area contributed by atoms with Gasteiger partial charge in [-0.2, -0.15) is 0 Å². The minimum atomic E-state index is -0.790. The van der Waals surface area contributed by atoms with Crippen molar-refractivity contribution in [2.45, 2.75) is 50.6 Å². The summed E-state index contributed by atoms with van der Waals surface area (Å²) in [6.07, 6.45) is 5.93. The molecule has 1 saturated heterocycles. The Balaban J connectivity index is 1.52. The van der Waals surface area contributed by atoms with Crippen molar-refractivity contribution in [3.8, 4) is 0 Å². The van der Waals surface area contributed by atoms with Crippen molar-refractivity contribution in [1.29, 1.82) is 0 Å². The Morgan fingerprint density at radius 3 is 2.67 bits per heavy atom. The number of hydrogen-bond acceptors (Lipinski definition) is 3. The highest BCUT2D eigenvalue weighted by atomic mass is 16.4. The van der Waals surface area contributed by atoms with E-state index in [-0.39, 0.29) is 18.5 Å². The molecule has 1 aliphatic heterocycles. The number of benzene rings is 1. The van der Waals surface area contributed by atoms with Crippen LogP contribution in [-0.4, -0.2) is 47.1 Å². The lowest BCUT2D eigenvalue weighted by atomic mass is 9.85. The van der Waals surface area contributed by atoms with Crippen molar-refractivity contribution < 1.29 is 14.7 Å². The molecule has 0 bridgehead atoms. The molecular weight excluding hydrogens is 304 g/mol. The van der Waals surface area contributed by atoms with Gasteiger partial charge in [0.2, 0.25) is 5.91 Å². The fraction of sp³-hybridized carbons (Fsp3) is 0.579. The fourth-order valence-electron chi connectivity index (χ4n) is 4.24. The first kappa shape index (κ1) is 17.0. The lowest BCUT2D eigenvalue weighted by molar-refractivity contribution is -0.143. The van der Waals surface area contributed by atoms with Crippen molar-refractivity contribution >= 4 is 11.9 Å². The molecule has 2 N–H and O–H groups in total. The normalized spacial score (nSPS) is 26.8. The van der Waals surface area contributed by atoms with E-state index in [0.717, 1.165) is 25.7 Å². The van der Waals surface area contributed by atoms with E-state index in [0.29, 0.717) is 18.9 Å². The molecule has 2 fully saturated rings. The second-order valence-corrected chi connectivity index (χ2v) is 6.96. The van der Waals surface area contributed by atoms with Gasteiger partial charge < -0.3 is 10.4 Å². The Morgan fingerprint density at radius 1 is 1.17 bits per heavy atom. The first-order valence-electron chi connectivity index (χ1n) is 8.94. The Morgan fingerprint density at radius 2 is 1.92 bits per heavy atom. The molecule has 1 aromatic carbocycles. The number of nitrogens with one attached hydrogen (secondary N) is 1. The zero-order valence-corrected chi connectivity index (χ0v) is 14.0. The molecule has 2 aliphatic rings. The molecule has 5 heteroatoms. The van der Waals surface area contributed by atoms with Crippen LogP contribution in [-0.2, 0) is 16.0 Å². The van der Waals surface area contributed by atoms with Gasteiger partial charge in [-0.3, -0.25) is 14.5 Å². The van der Waals surface area contributed by atoms with Crippen molar-refractivity contribution in [3.63, 3.8) is 0 Å². The number of nitrogens with zero attached hydrogens (tertiary/aromatic N) is 1. The average molecular weight is 330 g/mol. The molecule has 3 rings (SSSR count). The van der Waals surface area contributed by atoms with Gasteiger partial charge in [-0.1, -0.05) is 43.2 Å². The van der Waals surface area contributed by atoms with Gasteiger partial charge in [-0.05, 0) is 37.2 Å². The molecule has 1 amide bonds. The van der Waals surface area contributed by atoms with E-state index in [1.165, 1.54) is 12.0 Å². The van der Waals surface area contributed by atoms with Crippen LogP contribution in [0.2, 0.25) is 0 Å². The zero-order chi connectivity index (χ0) is 16.9. The molecule has 1 aromatic rings. The number of amides is 1. The number of fused-ring (bicyclic) bond motifs is 1. The number of aliphatic carboxylic acids is 1. The Labute approximate surface area is 143 Å². The number of rotatable bonds is 6. The van der Waals surface area contributed by atoms with Crippen LogP contribution in [0.4, 0.5) is 0 Å². The molecule has 5 nitrogen and oxygen atoms in total. The highest BCUT2D eigenvalue weighted by Gasteiger charge is 2.45. The number of carbonyl (C=O) groups is 2. The van der Waals surface area contributed by atoms with Crippen molar-refractivity contribution in [3.05, 3.63) is 35.9 Å². The standard InChI is InChI=1S/C19H26N2O3/c22-18(20-11-10-14-6-2-1-3-7-14)13-21-16-9-5-4-8-15(16)12-17(21)19(23)24/h1-3,6-7,15-17H,4-5,8-13H2,(H,20,22)(H,23,24). The lowest BCUT2D eigenvalue weighted by Crippen LogP contribution is -2.47. The maximum absolute atomic E-state index is 12.3. The van der Waals surface area contributed by atoms with Gasteiger partial charge >= 0.3 is 5.97 Å². The van der Waals surface area contributed by atoms with Crippen LogP contribution in [0.15, 0.2) is 30.3 Å². The van der Waals surface area contributed by atoms with Gasteiger partial charge in [0.15, 0.2) is 0 Å². The maximum Gasteiger partial charge on any atom is 0.320 e. The van der Waals surface area contributed by atoms with E-state index in [9.17, 15) is 14.7 Å². The van der Waals surface area contributed by atoms with Gasteiger partial charge in [-0.25, -0.2) is 0 Å². The summed E-state index contributed by atoms with van der Waals surface area (Å²) in [5.74, 6) is -0.415. The predicted molar refractivity (Wildman–Crippen MR) is 91.6 cm³/mol. The molecule has 1 saturated carbocycles. The SMILES string of the molecule is O=C(CN1C(C(=O)O)CC2CCCCC21)NCCc1ccccc1. The largest absolute Gasteiger partial charge is 0.480 e. The van der Waals surface area contributed by atoms with Crippen LogP contribution in [0.25, 0.3) is 0 Å². The topological polar surface area (TPSA) is 69.6 Å². The quantitative estimate of drug-likeness (QED) is 0.838. The summed E-state index contributed by atoms with van der Waals surface area (Å²) in [7, 11) is 0. The van der Waals surface area contributed by atoms with Crippen LogP contribution in [0.3, 0.4) is 0 Å². The molecule has 130 valence electrons. The Kier molecular flexibility index (Phi) is 5.51. The summed E-state index contributed by atoms with van der Waals surface area (Å²) >= 11 is 0. The summed E-state index contributed by atoms with van der Waals surface area (Å²) in [4.78, 5) is 25.8. The third-order valence-corrected chi connectivity index (χ3v) is 5.41. The lowest BCUT2D eigenvalue weighted by Gasteiger charge is -2.32. The Hall–Kier alpha value is -1.88. The highest BCUT2D eigenvalue weighted by molar-refractivity contribution is 5.80. The molecule has 3 unspecified atom stereocenters. The second-order valence-electron chi connectivity index (χ2n) is 6.96. The van der Waals surface area contributed by atoms with Crippen LogP contribution in [0.5, 0.6) is 0 Å². The summed E-state index contributed by atoms with van der Waals surface area (Å²) in [6.45, 7) is 0.787. The van der Waals surface area contributed by atoms with Gasteiger partial charge in [0, 0.05) is 12.6 Å². The van der Waals surface area contributed by atoms with Crippen LogP contribution in [0.1, 0.15) is 37.7 Å². The predicted octanol–water partition coefficient (Wildman–Crippen LogP) is 2.06. The number of carboxylic acids is 1. The summed E-state index contributed by atoms with van der Waals surface area (Å²) in [6, 6.07) is 9.80. The van der Waals surface area contributed by atoms with Crippen LogP contribution in [0, 0.1) is 5.92 Å². The third-order valence-electron chi connectivity index (χ3n) is 5.41. The maximum atomic E-state index is 12.3. The van der Waals surface area contributed by atoms with Gasteiger partial charge in [0.1, 0.15) is 6.04 Å². The van der Waals surface area contributed by atoms with Gasteiger partial charge in [0.05, 0.1) is 6.54 Å². The minimum Gasteiger partial charge on any atom is -0.480 e. The molecule has 0 spiro atoms. The second kappa shape index (κ2) is 7.79. The van der Waals surface area contributed by atoms with E-state index in [1.54, 1.807) is 0 Å². The molecule has 1 aliphatic carbocycles. The summed E-state index contributed by atoms with van der Waals surface area (Å²) in [5, 5.41) is 12.4.